The van der Waals surface area contributed by atoms with Crippen molar-refractivity contribution in [3.8, 4) is 0 Å². The molecule has 7 heteroatoms. The number of hydrogen-bond donors (Lipinski definition) is 2. The number of aliphatic hydroxyl groups is 2. The molecule has 1 aromatic rings. The van der Waals surface area contributed by atoms with Gasteiger partial charge in [0, 0.05) is 0 Å². The van der Waals surface area contributed by atoms with E-state index in [0.717, 1.165) is 18.2 Å². The van der Waals surface area contributed by atoms with Crippen LogP contribution in [0.5, 0.6) is 0 Å². The number of aliphatic hydroxyl groups excluding tert-OH is 1. The average Bonchev–Trinajstić information content (AvgIpc) is 2.30. The molecular formula is C13H15F5O2. The second-order valence-corrected chi connectivity index (χ2v) is 5.37. The highest BCUT2D eigenvalue weighted by molar-refractivity contribution is 5.27. The molecule has 0 radical (unpaired) electrons. The van der Waals surface area contributed by atoms with Gasteiger partial charge in [0.15, 0.2) is 5.60 Å². The van der Waals surface area contributed by atoms with Crippen molar-refractivity contribution in [3.63, 3.8) is 0 Å². The smallest absolute Gasteiger partial charge is 0.393 e. The van der Waals surface area contributed by atoms with Crippen LogP contribution in [-0.4, -0.2) is 28.6 Å². The topological polar surface area (TPSA) is 40.5 Å². The van der Waals surface area contributed by atoms with Crippen molar-refractivity contribution in [3.05, 3.63) is 35.4 Å². The zero-order valence-corrected chi connectivity index (χ0v) is 10.9. The lowest BCUT2D eigenvalue weighted by atomic mass is 9.75. The molecule has 0 aliphatic rings. The van der Waals surface area contributed by atoms with E-state index in [1.165, 1.54) is 13.8 Å². The van der Waals surface area contributed by atoms with Crippen molar-refractivity contribution in [1.29, 1.82) is 0 Å². The molecule has 0 heterocycles. The van der Waals surface area contributed by atoms with Gasteiger partial charge in [-0.25, -0.2) is 8.78 Å². The summed E-state index contributed by atoms with van der Waals surface area (Å²) >= 11 is 0. The van der Waals surface area contributed by atoms with Crippen molar-refractivity contribution in [2.75, 3.05) is 6.61 Å². The van der Waals surface area contributed by atoms with Gasteiger partial charge in [0.2, 0.25) is 0 Å². The number of benzene rings is 1. The predicted octanol–water partition coefficient (Wildman–Crippen LogP) is 2.92. The first-order valence-corrected chi connectivity index (χ1v) is 5.78. The summed E-state index contributed by atoms with van der Waals surface area (Å²) in [6.45, 7) is 0.908. The van der Waals surface area contributed by atoms with Crippen LogP contribution in [0.1, 0.15) is 25.8 Å². The van der Waals surface area contributed by atoms with Gasteiger partial charge in [0.25, 0.3) is 0 Å². The highest BCUT2D eigenvalue weighted by Gasteiger charge is 2.55. The third-order valence-corrected chi connectivity index (χ3v) is 3.18. The molecule has 0 fully saturated rings. The van der Waals surface area contributed by atoms with Gasteiger partial charge in [-0.05, 0) is 35.6 Å². The fraction of sp³-hybridized carbons (Fsp3) is 0.538. The van der Waals surface area contributed by atoms with E-state index < -0.39 is 41.9 Å². The third kappa shape index (κ3) is 3.27. The van der Waals surface area contributed by atoms with E-state index in [1.54, 1.807) is 0 Å². The molecule has 2 N–H and O–H groups in total. The van der Waals surface area contributed by atoms with Crippen LogP contribution in [0.25, 0.3) is 0 Å². The van der Waals surface area contributed by atoms with Crippen LogP contribution in [0, 0.1) is 11.6 Å². The highest BCUT2D eigenvalue weighted by atomic mass is 19.4. The van der Waals surface area contributed by atoms with Crippen molar-refractivity contribution in [1.82, 2.24) is 0 Å². The normalized spacial score (nSPS) is 16.1. The summed E-state index contributed by atoms with van der Waals surface area (Å²) < 4.78 is 65.0. The van der Waals surface area contributed by atoms with Gasteiger partial charge in [-0.2, -0.15) is 13.2 Å². The molecule has 1 atom stereocenters. The highest BCUT2D eigenvalue weighted by Crippen LogP contribution is 2.41. The fourth-order valence-corrected chi connectivity index (χ4v) is 2.09. The summed E-state index contributed by atoms with van der Waals surface area (Å²) in [7, 11) is 0. The van der Waals surface area contributed by atoms with Gasteiger partial charge in [-0.3, -0.25) is 0 Å². The van der Waals surface area contributed by atoms with E-state index in [1.807, 2.05) is 0 Å². The van der Waals surface area contributed by atoms with E-state index in [9.17, 15) is 27.1 Å². The Bertz CT molecular complexity index is 484. The number of hydrogen-bond acceptors (Lipinski definition) is 2. The van der Waals surface area contributed by atoms with Crippen LogP contribution in [0.3, 0.4) is 0 Å². The van der Waals surface area contributed by atoms with E-state index in [4.69, 9.17) is 5.11 Å². The Balaban J connectivity index is 3.20. The third-order valence-electron chi connectivity index (χ3n) is 3.18. The maximum Gasteiger partial charge on any atom is 0.419 e. The van der Waals surface area contributed by atoms with E-state index in [2.05, 4.69) is 0 Å². The van der Waals surface area contributed by atoms with Gasteiger partial charge in [0.1, 0.15) is 11.6 Å². The van der Waals surface area contributed by atoms with Gasteiger partial charge in [0.05, 0.1) is 6.61 Å². The first kappa shape index (κ1) is 16.8. The molecule has 1 rings (SSSR count). The fourth-order valence-electron chi connectivity index (χ4n) is 2.09. The Kier molecular flexibility index (Phi) is 4.46. The van der Waals surface area contributed by atoms with E-state index >= 15 is 0 Å². The zero-order valence-electron chi connectivity index (χ0n) is 10.9. The summed E-state index contributed by atoms with van der Waals surface area (Å²) in [6.07, 6.45) is -6.08. The van der Waals surface area contributed by atoms with Gasteiger partial charge >= 0.3 is 6.18 Å². The lowest BCUT2D eigenvalue weighted by Crippen LogP contribution is -2.52. The second-order valence-electron chi connectivity index (χ2n) is 5.37. The quantitative estimate of drug-likeness (QED) is 0.839. The number of alkyl halides is 3. The maximum absolute atomic E-state index is 13.6. The molecule has 0 aliphatic heterocycles. The Morgan fingerprint density at radius 2 is 1.65 bits per heavy atom. The molecule has 0 spiro atoms. The van der Waals surface area contributed by atoms with Crippen LogP contribution >= 0.6 is 0 Å². The van der Waals surface area contributed by atoms with Crippen molar-refractivity contribution >= 4 is 0 Å². The monoisotopic (exact) mass is 298 g/mol. The minimum absolute atomic E-state index is 0.298. The molecule has 0 saturated heterocycles. The second kappa shape index (κ2) is 5.29. The van der Waals surface area contributed by atoms with Gasteiger partial charge in [-0.1, -0.05) is 13.8 Å². The molecule has 1 aromatic carbocycles. The standard InChI is InChI=1S/C13H15F5O2/c1-11(2,6-12(20,7-19)13(16,17)18)9-5-8(14)3-4-10(9)15/h3-5,19-20H,6-7H2,1-2H3/t12-/m1/s1. The van der Waals surface area contributed by atoms with E-state index in [-0.39, 0.29) is 5.56 Å². The van der Waals surface area contributed by atoms with Gasteiger partial charge in [-0.15, -0.1) is 0 Å². The molecular weight excluding hydrogens is 283 g/mol. The molecule has 0 saturated carbocycles. The first-order chi connectivity index (χ1) is 8.93. The zero-order chi connectivity index (χ0) is 15.8. The van der Waals surface area contributed by atoms with Crippen LogP contribution in [0.4, 0.5) is 22.0 Å². The lowest BCUT2D eigenvalue weighted by Gasteiger charge is -2.36. The largest absolute Gasteiger partial charge is 0.419 e. The van der Waals surface area contributed by atoms with Crippen molar-refractivity contribution < 1.29 is 32.2 Å². The van der Waals surface area contributed by atoms with Crippen LogP contribution in [-0.2, 0) is 5.41 Å². The minimum Gasteiger partial charge on any atom is -0.393 e. The predicted molar refractivity (Wildman–Crippen MR) is 62.1 cm³/mol. The van der Waals surface area contributed by atoms with Crippen molar-refractivity contribution in [2.45, 2.75) is 37.5 Å². The maximum atomic E-state index is 13.6. The summed E-state index contributed by atoms with van der Waals surface area (Å²) in [5, 5.41) is 18.3. The molecule has 0 amide bonds. The molecule has 20 heavy (non-hydrogen) atoms. The summed E-state index contributed by atoms with van der Waals surface area (Å²) in [5.41, 5.74) is -5.21. The van der Waals surface area contributed by atoms with Crippen LogP contribution < -0.4 is 0 Å². The summed E-state index contributed by atoms with van der Waals surface area (Å²) in [5.74, 6) is -1.67. The SMILES string of the molecule is CC(C)(C[C@@](O)(CO)C(F)(F)F)c1cc(F)ccc1F. The lowest BCUT2D eigenvalue weighted by molar-refractivity contribution is -0.277. The Labute approximate surface area is 112 Å². The number of rotatable bonds is 4. The summed E-state index contributed by atoms with van der Waals surface area (Å²) in [4.78, 5) is 0. The van der Waals surface area contributed by atoms with Crippen molar-refractivity contribution in [2.24, 2.45) is 0 Å². The Morgan fingerprint density at radius 1 is 1.10 bits per heavy atom. The molecule has 0 unspecified atom stereocenters. The molecule has 0 bridgehead atoms. The number of halogens is 5. The Hall–Kier alpha value is -1.21. The summed E-state index contributed by atoms with van der Waals surface area (Å²) in [6, 6.07) is 2.43. The molecule has 0 aromatic heterocycles. The molecule has 2 nitrogen and oxygen atoms in total. The molecule has 114 valence electrons. The Morgan fingerprint density at radius 3 is 2.10 bits per heavy atom. The van der Waals surface area contributed by atoms with Crippen LogP contribution in [0.2, 0.25) is 0 Å². The van der Waals surface area contributed by atoms with E-state index in [0.29, 0.717) is 0 Å². The average molecular weight is 298 g/mol. The minimum atomic E-state index is -5.08. The van der Waals surface area contributed by atoms with Gasteiger partial charge < -0.3 is 10.2 Å². The van der Waals surface area contributed by atoms with Crippen LogP contribution in [0.15, 0.2) is 18.2 Å². The molecule has 0 aliphatic carbocycles. The first-order valence-electron chi connectivity index (χ1n) is 5.78.